The van der Waals surface area contributed by atoms with Crippen molar-refractivity contribution in [2.45, 2.75) is 58.3 Å². The van der Waals surface area contributed by atoms with Gasteiger partial charge in [0.25, 0.3) is 0 Å². The molecule has 1 saturated carbocycles. The zero-order valence-corrected chi connectivity index (χ0v) is 11.7. The molecule has 1 heterocycles. The average molecular weight is 253 g/mol. The molecule has 0 bridgehead atoms. The van der Waals surface area contributed by atoms with Crippen molar-refractivity contribution in [2.24, 2.45) is 11.3 Å². The van der Waals surface area contributed by atoms with Gasteiger partial charge in [0.2, 0.25) is 0 Å². The molecule has 1 unspecified atom stereocenters. The Kier molecular flexibility index (Phi) is 4.66. The molecule has 1 aliphatic heterocycles. The third kappa shape index (κ3) is 3.05. The lowest BCUT2D eigenvalue weighted by Crippen LogP contribution is -2.42. The van der Waals surface area contributed by atoms with E-state index in [2.05, 4.69) is 11.8 Å². The Morgan fingerprint density at radius 2 is 1.94 bits per heavy atom. The second-order valence-electron chi connectivity index (χ2n) is 6.27. The predicted octanol–water partition coefficient (Wildman–Crippen LogP) is 3.14. The number of carboxylic acids is 1. The molecule has 0 radical (unpaired) electrons. The molecular weight excluding hydrogens is 226 g/mol. The van der Waals surface area contributed by atoms with E-state index in [4.69, 9.17) is 0 Å². The second-order valence-corrected chi connectivity index (χ2v) is 6.27. The molecule has 3 heteroatoms. The third-order valence-corrected chi connectivity index (χ3v) is 5.06. The van der Waals surface area contributed by atoms with Crippen LogP contribution in [0, 0.1) is 11.3 Å². The van der Waals surface area contributed by atoms with Crippen molar-refractivity contribution in [3.05, 3.63) is 0 Å². The quantitative estimate of drug-likeness (QED) is 0.836. The minimum Gasteiger partial charge on any atom is -0.481 e. The first-order valence-electron chi connectivity index (χ1n) is 7.62. The summed E-state index contributed by atoms with van der Waals surface area (Å²) in [6.07, 6.45) is 9.06. The van der Waals surface area contributed by atoms with E-state index in [0.717, 1.165) is 51.2 Å². The van der Waals surface area contributed by atoms with Crippen LogP contribution in [0.3, 0.4) is 0 Å². The van der Waals surface area contributed by atoms with Crippen LogP contribution in [-0.4, -0.2) is 35.6 Å². The van der Waals surface area contributed by atoms with E-state index < -0.39 is 11.4 Å². The topological polar surface area (TPSA) is 40.5 Å². The number of carboxylic acid groups (broad SMARTS) is 1. The fourth-order valence-corrected chi connectivity index (χ4v) is 3.71. The Labute approximate surface area is 111 Å². The largest absolute Gasteiger partial charge is 0.481 e. The molecule has 104 valence electrons. The number of nitrogens with zero attached hydrogens (tertiary/aromatic N) is 1. The summed E-state index contributed by atoms with van der Waals surface area (Å²) in [6.45, 7) is 5.27. The highest BCUT2D eigenvalue weighted by atomic mass is 16.4. The van der Waals surface area contributed by atoms with Gasteiger partial charge >= 0.3 is 5.97 Å². The molecule has 18 heavy (non-hydrogen) atoms. The van der Waals surface area contributed by atoms with Crippen molar-refractivity contribution in [3.8, 4) is 0 Å². The van der Waals surface area contributed by atoms with Crippen molar-refractivity contribution < 1.29 is 9.90 Å². The van der Waals surface area contributed by atoms with E-state index in [9.17, 15) is 9.90 Å². The normalized spacial score (nSPS) is 29.1. The molecule has 0 amide bonds. The molecule has 3 nitrogen and oxygen atoms in total. The molecule has 0 aromatic heterocycles. The van der Waals surface area contributed by atoms with Gasteiger partial charge in [0, 0.05) is 6.54 Å². The van der Waals surface area contributed by atoms with Crippen LogP contribution in [-0.2, 0) is 4.79 Å². The summed E-state index contributed by atoms with van der Waals surface area (Å²) < 4.78 is 0. The van der Waals surface area contributed by atoms with Crippen molar-refractivity contribution in [1.29, 1.82) is 0 Å². The van der Waals surface area contributed by atoms with Crippen LogP contribution in [0.4, 0.5) is 0 Å². The maximum absolute atomic E-state index is 11.6. The van der Waals surface area contributed by atoms with Gasteiger partial charge in [-0.2, -0.15) is 0 Å². The van der Waals surface area contributed by atoms with Gasteiger partial charge in [0.05, 0.1) is 5.41 Å². The van der Waals surface area contributed by atoms with Crippen LogP contribution in [0.25, 0.3) is 0 Å². The molecule has 0 aromatic carbocycles. The molecule has 2 fully saturated rings. The van der Waals surface area contributed by atoms with Crippen molar-refractivity contribution in [3.63, 3.8) is 0 Å². The number of aliphatic carboxylic acids is 1. The van der Waals surface area contributed by atoms with Crippen molar-refractivity contribution in [1.82, 2.24) is 4.90 Å². The zero-order valence-electron chi connectivity index (χ0n) is 11.7. The van der Waals surface area contributed by atoms with Gasteiger partial charge in [0.1, 0.15) is 0 Å². The summed E-state index contributed by atoms with van der Waals surface area (Å²) in [6, 6.07) is 0. The van der Waals surface area contributed by atoms with Gasteiger partial charge in [-0.05, 0) is 51.1 Å². The maximum atomic E-state index is 11.6. The summed E-state index contributed by atoms with van der Waals surface area (Å²) in [7, 11) is 0. The monoisotopic (exact) mass is 253 g/mol. The SMILES string of the molecule is CCC1CCCN(CC2(C(=O)O)CCCC2)CC1. The predicted molar refractivity (Wildman–Crippen MR) is 72.6 cm³/mol. The summed E-state index contributed by atoms with van der Waals surface area (Å²) in [5.41, 5.74) is -0.425. The molecule has 1 atom stereocenters. The smallest absolute Gasteiger partial charge is 0.310 e. The lowest BCUT2D eigenvalue weighted by molar-refractivity contribution is -0.149. The number of carbonyl (C=O) groups is 1. The molecule has 1 saturated heterocycles. The molecule has 0 aromatic rings. The Balaban J connectivity index is 1.93. The minimum absolute atomic E-state index is 0.425. The van der Waals surface area contributed by atoms with Gasteiger partial charge in [-0.15, -0.1) is 0 Å². The van der Waals surface area contributed by atoms with E-state index in [-0.39, 0.29) is 0 Å². The lowest BCUT2D eigenvalue weighted by atomic mass is 9.85. The van der Waals surface area contributed by atoms with Gasteiger partial charge in [-0.25, -0.2) is 0 Å². The van der Waals surface area contributed by atoms with E-state index in [1.165, 1.54) is 25.7 Å². The molecule has 0 spiro atoms. The molecule has 1 aliphatic carbocycles. The molecule has 2 aliphatic rings. The van der Waals surface area contributed by atoms with Crippen molar-refractivity contribution in [2.75, 3.05) is 19.6 Å². The van der Waals surface area contributed by atoms with E-state index >= 15 is 0 Å². The number of likely N-dealkylation sites (tertiary alicyclic amines) is 1. The fourth-order valence-electron chi connectivity index (χ4n) is 3.71. The first-order valence-corrected chi connectivity index (χ1v) is 7.62. The number of hydrogen-bond donors (Lipinski definition) is 1. The first kappa shape index (κ1) is 13.9. The van der Waals surface area contributed by atoms with Gasteiger partial charge in [-0.3, -0.25) is 4.79 Å². The molecule has 2 rings (SSSR count). The Hall–Kier alpha value is -0.570. The lowest BCUT2D eigenvalue weighted by Gasteiger charge is -2.31. The summed E-state index contributed by atoms with van der Waals surface area (Å²) in [5.74, 6) is 0.302. The van der Waals surface area contributed by atoms with E-state index in [0.29, 0.717) is 0 Å². The summed E-state index contributed by atoms with van der Waals surface area (Å²) in [5, 5.41) is 9.54. The Morgan fingerprint density at radius 3 is 2.56 bits per heavy atom. The molecular formula is C15H27NO2. The second kappa shape index (κ2) is 6.05. The van der Waals surface area contributed by atoms with E-state index in [1.807, 2.05) is 0 Å². The highest BCUT2D eigenvalue weighted by molar-refractivity contribution is 5.75. The highest BCUT2D eigenvalue weighted by Crippen LogP contribution is 2.39. The summed E-state index contributed by atoms with van der Waals surface area (Å²) >= 11 is 0. The van der Waals surface area contributed by atoms with Crippen molar-refractivity contribution >= 4 is 5.97 Å². The van der Waals surface area contributed by atoms with Gasteiger partial charge < -0.3 is 10.0 Å². The highest BCUT2D eigenvalue weighted by Gasteiger charge is 2.42. The third-order valence-electron chi connectivity index (χ3n) is 5.06. The van der Waals surface area contributed by atoms with Crippen LogP contribution >= 0.6 is 0 Å². The summed E-state index contributed by atoms with van der Waals surface area (Å²) in [4.78, 5) is 14.0. The zero-order chi connectivity index (χ0) is 13.0. The van der Waals surface area contributed by atoms with Gasteiger partial charge in [0.15, 0.2) is 0 Å². The maximum Gasteiger partial charge on any atom is 0.310 e. The number of rotatable bonds is 4. The average Bonchev–Trinajstić information content (AvgIpc) is 2.71. The van der Waals surface area contributed by atoms with Crippen LogP contribution in [0.2, 0.25) is 0 Å². The Bertz CT molecular complexity index is 284. The molecule has 1 N–H and O–H groups in total. The minimum atomic E-state index is -0.559. The van der Waals surface area contributed by atoms with Gasteiger partial charge in [-0.1, -0.05) is 26.2 Å². The van der Waals surface area contributed by atoms with Crippen LogP contribution in [0.15, 0.2) is 0 Å². The van der Waals surface area contributed by atoms with Crippen LogP contribution in [0.5, 0.6) is 0 Å². The first-order chi connectivity index (χ1) is 8.66. The van der Waals surface area contributed by atoms with Crippen LogP contribution < -0.4 is 0 Å². The Morgan fingerprint density at radius 1 is 1.22 bits per heavy atom. The van der Waals surface area contributed by atoms with Crippen LogP contribution in [0.1, 0.15) is 58.3 Å². The fraction of sp³-hybridized carbons (Fsp3) is 0.933. The standard InChI is InChI=1S/C15H27NO2/c1-2-13-6-5-10-16(11-7-13)12-15(14(17)18)8-3-4-9-15/h13H,2-12H2,1H3,(H,17,18). The number of hydrogen-bond acceptors (Lipinski definition) is 2. The van der Waals surface area contributed by atoms with E-state index in [1.54, 1.807) is 0 Å².